The molecule has 6 N–H and O–H groups in total. The summed E-state index contributed by atoms with van der Waals surface area (Å²) in [5, 5.41) is 19.6. The van der Waals surface area contributed by atoms with Crippen LogP contribution in [0.2, 0.25) is 0 Å². The first-order chi connectivity index (χ1) is 23.1. The molecule has 10 rings (SSSR count). The molecule has 10 nitrogen and oxygen atoms in total. The largest absolute Gasteiger partial charge is 1.00 e. The van der Waals surface area contributed by atoms with Crippen LogP contribution in [0.3, 0.4) is 0 Å². The molecule has 8 atom stereocenters. The predicted octanol–water partition coefficient (Wildman–Crippen LogP) is 1.15. The summed E-state index contributed by atoms with van der Waals surface area (Å²) in [4.78, 5) is 4.32. The van der Waals surface area contributed by atoms with Crippen LogP contribution in [0.5, 0.6) is 11.5 Å². The Balaban J connectivity index is 0.00000417. The molecule has 3 aromatic carbocycles. The number of guanidine groups is 1. The first kappa shape index (κ1) is 35.5. The third kappa shape index (κ3) is 7.42. The predicted molar refractivity (Wildman–Crippen MR) is 179 cm³/mol. The van der Waals surface area contributed by atoms with Gasteiger partial charge in [0.05, 0.1) is 21.5 Å². The van der Waals surface area contributed by atoms with Crippen molar-refractivity contribution < 1.29 is 62.2 Å². The number of rotatable bonds is 3. The average molecular weight is 692 g/mol. The number of aryl methyl sites for hydroxylation is 1. The Kier molecular flexibility index (Phi) is 10.5. The van der Waals surface area contributed by atoms with Crippen molar-refractivity contribution >= 4 is 16.1 Å². The van der Waals surface area contributed by atoms with Crippen molar-refractivity contribution in [3.05, 3.63) is 106 Å². The van der Waals surface area contributed by atoms with Crippen molar-refractivity contribution in [1.82, 2.24) is 0 Å². The van der Waals surface area contributed by atoms with Gasteiger partial charge >= 0.3 is 29.6 Å². The van der Waals surface area contributed by atoms with Crippen molar-refractivity contribution in [3.63, 3.8) is 0 Å². The summed E-state index contributed by atoms with van der Waals surface area (Å²) >= 11 is 0. The maximum absolute atomic E-state index is 13.3. The normalized spacial score (nSPS) is 28.7. The zero-order valence-electron chi connectivity index (χ0n) is 27.2. The first-order valence-electron chi connectivity index (χ1n) is 16.2. The Bertz CT molecular complexity index is 1920. The van der Waals surface area contributed by atoms with Gasteiger partial charge in [-0.15, -0.1) is 0 Å². The van der Waals surface area contributed by atoms with Crippen molar-refractivity contribution in [2.75, 3.05) is 6.61 Å². The van der Waals surface area contributed by atoms with E-state index in [0.29, 0.717) is 42.6 Å². The fourth-order valence-corrected chi connectivity index (χ4v) is 9.01. The van der Waals surface area contributed by atoms with E-state index in [2.05, 4.69) is 16.8 Å². The molecule has 1 fully saturated rings. The molecule has 1 saturated heterocycles. The van der Waals surface area contributed by atoms with Crippen molar-refractivity contribution in [2.45, 2.75) is 61.7 Å². The maximum Gasteiger partial charge on any atom is 1.00 e. The number of aromatic hydroxyl groups is 1. The first-order valence-corrected chi connectivity index (χ1v) is 17.7. The number of aliphatic imine (C=N–C) groups is 1. The summed E-state index contributed by atoms with van der Waals surface area (Å²) < 4.78 is 52.8. The summed E-state index contributed by atoms with van der Waals surface area (Å²) in [6.07, 6.45) is 2.19. The number of hydrogen-bond donors (Lipinski definition) is 4. The number of phenols is 1. The van der Waals surface area contributed by atoms with Gasteiger partial charge in [-0.3, -0.25) is 0 Å². The second kappa shape index (κ2) is 14.5. The summed E-state index contributed by atoms with van der Waals surface area (Å²) in [5.74, 6) is 5.44. The number of hydrogen-bond acceptors (Lipinski definition) is 8. The monoisotopic (exact) mass is 691 g/mol. The molecule has 6 heterocycles. The molecule has 0 aromatic heterocycles. The van der Waals surface area contributed by atoms with Crippen LogP contribution in [0.25, 0.3) is 0 Å². The van der Waals surface area contributed by atoms with Crippen LogP contribution in [-0.4, -0.2) is 47.1 Å². The van der Waals surface area contributed by atoms with E-state index in [1.165, 1.54) is 0 Å². The molecule has 0 saturated carbocycles. The van der Waals surface area contributed by atoms with Gasteiger partial charge in [-0.05, 0) is 84.4 Å². The molecule has 8 bridgehead atoms. The van der Waals surface area contributed by atoms with E-state index in [4.69, 9.17) is 20.9 Å². The number of phenolic OH excluding ortho intramolecular Hbond substituents is 1. The van der Waals surface area contributed by atoms with E-state index >= 15 is 0 Å². The Hall–Kier alpha value is -3.34. The van der Waals surface area contributed by atoms with Crippen molar-refractivity contribution in [1.29, 1.82) is 0 Å². The van der Waals surface area contributed by atoms with Gasteiger partial charge in [0.1, 0.15) is 17.6 Å². The van der Waals surface area contributed by atoms with Crippen molar-refractivity contribution in [3.8, 4) is 23.3 Å². The van der Waals surface area contributed by atoms with E-state index in [1.54, 1.807) is 30.3 Å². The molecule has 250 valence electrons. The summed E-state index contributed by atoms with van der Waals surface area (Å²) in [5.41, 5.74) is 16.2. The van der Waals surface area contributed by atoms with Crippen LogP contribution < -0.4 is 45.8 Å². The van der Waals surface area contributed by atoms with E-state index in [-0.39, 0.29) is 78.2 Å². The van der Waals surface area contributed by atoms with Crippen LogP contribution in [-0.2, 0) is 21.3 Å². The molecule has 7 aliphatic rings. The van der Waals surface area contributed by atoms with E-state index in [0.717, 1.165) is 22.3 Å². The average Bonchev–Trinajstić information content (AvgIpc) is 3.14. The number of ether oxygens (including phenoxy) is 2. The Morgan fingerprint density at radius 2 is 1.78 bits per heavy atom. The van der Waals surface area contributed by atoms with Gasteiger partial charge in [-0.1, -0.05) is 60.4 Å². The number of fused-ring (bicyclic) bond motifs is 7. The molecule has 1 aliphatic carbocycles. The molecule has 0 spiro atoms. The number of nitrogens with two attached hydrogens (primary N) is 2. The third-order valence-electron chi connectivity index (χ3n) is 10.2. The zero-order valence-corrected chi connectivity index (χ0v) is 30.1. The molecule has 3 aromatic rings. The summed E-state index contributed by atoms with van der Waals surface area (Å²) in [7, 11) is -4.77. The number of allylic oxidation sites excluding steroid dienone is 1. The second-order valence-corrected chi connectivity index (χ2v) is 14.8. The number of aliphatic hydroxyl groups excluding tert-OH is 1. The zero-order chi connectivity index (χ0) is 33.6. The van der Waals surface area contributed by atoms with Gasteiger partial charge < -0.3 is 35.7 Å². The van der Waals surface area contributed by atoms with Gasteiger partial charge in [0.25, 0.3) is 0 Å². The SMILES string of the molecule is NC(N)=NC1Oc2ccc(cc2)CCC(S(=O)(=O)[O-])C2C=C3CC(CC4OC3c3ccc(O)cc3C#CCC4CO)C2c2ccc1cc2.[Na+]. The van der Waals surface area contributed by atoms with Gasteiger partial charge in [0, 0.05) is 35.6 Å². The van der Waals surface area contributed by atoms with Gasteiger partial charge in [0.15, 0.2) is 5.96 Å². The molecule has 6 aliphatic heterocycles. The fraction of sp³-hybridized carbons (Fsp3) is 0.378. The Morgan fingerprint density at radius 3 is 2.47 bits per heavy atom. The quantitative estimate of drug-likeness (QED) is 0.0783. The smallest absolute Gasteiger partial charge is 0.748 e. The van der Waals surface area contributed by atoms with E-state index in [1.807, 2.05) is 42.5 Å². The molecule has 8 unspecified atom stereocenters. The summed E-state index contributed by atoms with van der Waals surface area (Å²) in [6.45, 7) is -0.134. The van der Waals surface area contributed by atoms with Crippen LogP contribution in [0.1, 0.15) is 71.8 Å². The van der Waals surface area contributed by atoms with Gasteiger partial charge in [-0.25, -0.2) is 13.4 Å². The Morgan fingerprint density at radius 1 is 1.04 bits per heavy atom. The molecule has 12 heteroatoms. The number of benzene rings is 3. The van der Waals surface area contributed by atoms with Crippen molar-refractivity contribution in [2.24, 2.45) is 34.2 Å². The molecule has 0 radical (unpaired) electrons. The molecular formula is C37H38N3NaO7S. The number of aliphatic hydroxyl groups is 1. The second-order valence-electron chi connectivity index (χ2n) is 13.2. The maximum atomic E-state index is 13.3. The molecule has 49 heavy (non-hydrogen) atoms. The van der Waals surface area contributed by atoms with Gasteiger partial charge in [0.2, 0.25) is 6.23 Å². The number of nitrogens with zero attached hydrogens (tertiary/aromatic N) is 1. The van der Waals surface area contributed by atoms with Crippen LogP contribution in [0, 0.1) is 29.6 Å². The Labute approximate surface area is 308 Å². The summed E-state index contributed by atoms with van der Waals surface area (Å²) in [6, 6.07) is 19.9. The molecule has 0 amide bonds. The van der Waals surface area contributed by atoms with Crippen LogP contribution >= 0.6 is 0 Å². The standard InChI is InChI=1S/C37H39N3O7S.Na/c38-37(39)40-36-23-9-7-22(8-10-23)34-26-16-27(18-31(34)33(48(43,44)45)15-6-21-4-12-29(46-36)13-5-21)35-30-14-11-28(42)17-24(30)2-1-3-25(20-41)32(19-26)47-35;/h4-5,7-14,17-18,25-26,31-36,41-42H,3,6,15-16,19-20H2,(H4,38,39,40)(H,43,44,45);/q;+1/p-1. The van der Waals surface area contributed by atoms with Gasteiger partial charge in [-0.2, -0.15) is 0 Å². The topological polar surface area (TPSA) is 181 Å². The van der Waals surface area contributed by atoms with Crippen LogP contribution in [0.15, 0.2) is 83.4 Å². The van der Waals surface area contributed by atoms with E-state index in [9.17, 15) is 23.2 Å². The fourth-order valence-electron chi connectivity index (χ4n) is 7.97. The molecular weight excluding hydrogens is 653 g/mol. The van der Waals surface area contributed by atoms with E-state index < -0.39 is 33.6 Å². The minimum absolute atomic E-state index is 0. The minimum Gasteiger partial charge on any atom is -0.748 e. The third-order valence-corrected chi connectivity index (χ3v) is 11.5. The minimum atomic E-state index is -4.77. The van der Waals surface area contributed by atoms with Crippen LogP contribution in [0.4, 0.5) is 0 Å².